The van der Waals surface area contributed by atoms with Crippen LogP contribution in [0.15, 0.2) is 51.7 Å². The van der Waals surface area contributed by atoms with Crippen molar-refractivity contribution in [3.05, 3.63) is 52.7 Å². The molecule has 124 valence electrons. The SMILES string of the molecule is O=c1cc(-c2ccccc2)oc2cc(OCCCO)c(O)c(O)c12. The molecule has 0 aliphatic carbocycles. The molecule has 0 amide bonds. The monoisotopic (exact) mass is 328 g/mol. The predicted octanol–water partition coefficient (Wildman–Crippen LogP) is 2.63. The maximum absolute atomic E-state index is 12.3. The van der Waals surface area contributed by atoms with Crippen LogP contribution < -0.4 is 10.2 Å². The molecule has 1 heterocycles. The van der Waals surface area contributed by atoms with Crippen LogP contribution in [0.25, 0.3) is 22.3 Å². The molecule has 0 aliphatic heterocycles. The van der Waals surface area contributed by atoms with Gasteiger partial charge in [-0.25, -0.2) is 0 Å². The van der Waals surface area contributed by atoms with Crippen molar-refractivity contribution >= 4 is 11.0 Å². The van der Waals surface area contributed by atoms with Gasteiger partial charge in [-0.15, -0.1) is 0 Å². The first kappa shape index (κ1) is 15.9. The van der Waals surface area contributed by atoms with Crippen molar-refractivity contribution in [2.24, 2.45) is 0 Å². The summed E-state index contributed by atoms with van der Waals surface area (Å²) in [7, 11) is 0. The Bertz CT molecular complexity index is 914. The summed E-state index contributed by atoms with van der Waals surface area (Å²) in [6.07, 6.45) is 0.367. The van der Waals surface area contributed by atoms with Crippen LogP contribution in [0.1, 0.15) is 6.42 Å². The average Bonchev–Trinajstić information content (AvgIpc) is 2.59. The molecule has 0 fully saturated rings. The van der Waals surface area contributed by atoms with Crippen LogP contribution in [-0.4, -0.2) is 28.5 Å². The van der Waals surface area contributed by atoms with Gasteiger partial charge in [0.25, 0.3) is 0 Å². The fourth-order valence-electron chi connectivity index (χ4n) is 2.37. The summed E-state index contributed by atoms with van der Waals surface area (Å²) < 4.78 is 11.0. The van der Waals surface area contributed by atoms with Gasteiger partial charge < -0.3 is 24.5 Å². The minimum atomic E-state index is -0.583. The van der Waals surface area contributed by atoms with Gasteiger partial charge in [-0.3, -0.25) is 4.79 Å². The molecule has 2 aromatic carbocycles. The highest BCUT2D eigenvalue weighted by Gasteiger charge is 2.18. The summed E-state index contributed by atoms with van der Waals surface area (Å²) in [5.41, 5.74) is 0.354. The van der Waals surface area contributed by atoms with E-state index in [0.29, 0.717) is 17.7 Å². The second-order valence-electron chi connectivity index (χ2n) is 5.21. The van der Waals surface area contributed by atoms with Crippen LogP contribution in [0.3, 0.4) is 0 Å². The maximum Gasteiger partial charge on any atom is 0.201 e. The number of hydrogen-bond donors (Lipinski definition) is 3. The van der Waals surface area contributed by atoms with Crippen LogP contribution in [0, 0.1) is 0 Å². The third-order valence-electron chi connectivity index (χ3n) is 3.55. The van der Waals surface area contributed by atoms with Crippen LogP contribution in [0.4, 0.5) is 0 Å². The third-order valence-corrected chi connectivity index (χ3v) is 3.55. The third kappa shape index (κ3) is 2.91. The Morgan fingerprint density at radius 2 is 1.79 bits per heavy atom. The van der Waals surface area contributed by atoms with Gasteiger partial charge in [-0.1, -0.05) is 30.3 Å². The normalized spacial score (nSPS) is 10.9. The molecular weight excluding hydrogens is 312 g/mol. The van der Waals surface area contributed by atoms with Crippen molar-refractivity contribution in [3.8, 4) is 28.6 Å². The van der Waals surface area contributed by atoms with Crippen molar-refractivity contribution in [3.63, 3.8) is 0 Å². The molecule has 3 N–H and O–H groups in total. The first-order valence-corrected chi connectivity index (χ1v) is 7.43. The largest absolute Gasteiger partial charge is 0.504 e. The Balaban J connectivity index is 2.15. The zero-order valence-corrected chi connectivity index (χ0v) is 12.7. The van der Waals surface area contributed by atoms with E-state index >= 15 is 0 Å². The molecule has 6 nitrogen and oxygen atoms in total. The number of aliphatic hydroxyl groups excluding tert-OH is 1. The van der Waals surface area contributed by atoms with Crippen LogP contribution in [-0.2, 0) is 0 Å². The van der Waals surface area contributed by atoms with E-state index < -0.39 is 16.9 Å². The zero-order valence-electron chi connectivity index (χ0n) is 12.7. The van der Waals surface area contributed by atoms with Crippen LogP contribution in [0.2, 0.25) is 0 Å². The molecule has 24 heavy (non-hydrogen) atoms. The number of aliphatic hydroxyl groups is 1. The molecule has 3 aromatic rings. The number of ether oxygens (including phenoxy) is 1. The topological polar surface area (TPSA) is 100 Å². The maximum atomic E-state index is 12.3. The lowest BCUT2D eigenvalue weighted by atomic mass is 10.1. The highest BCUT2D eigenvalue weighted by molar-refractivity contribution is 5.89. The first-order chi connectivity index (χ1) is 11.6. The molecule has 0 saturated carbocycles. The summed E-state index contributed by atoms with van der Waals surface area (Å²) in [4.78, 5) is 12.3. The van der Waals surface area contributed by atoms with E-state index in [1.54, 1.807) is 12.1 Å². The number of fused-ring (bicyclic) bond motifs is 1. The van der Waals surface area contributed by atoms with Crippen molar-refractivity contribution in [2.45, 2.75) is 6.42 Å². The van der Waals surface area contributed by atoms with Gasteiger partial charge in [-0.05, 0) is 0 Å². The minimum Gasteiger partial charge on any atom is -0.504 e. The molecular formula is C18H16O6. The second kappa shape index (κ2) is 6.64. The average molecular weight is 328 g/mol. The van der Waals surface area contributed by atoms with Gasteiger partial charge >= 0.3 is 0 Å². The van der Waals surface area contributed by atoms with Crippen molar-refractivity contribution in [1.82, 2.24) is 0 Å². The Morgan fingerprint density at radius 1 is 1.04 bits per heavy atom. The number of phenols is 2. The number of hydrogen-bond acceptors (Lipinski definition) is 6. The number of aromatic hydroxyl groups is 2. The van der Waals surface area contributed by atoms with Gasteiger partial charge in [0, 0.05) is 30.7 Å². The summed E-state index contributed by atoms with van der Waals surface area (Å²) in [5.74, 6) is -0.777. The summed E-state index contributed by atoms with van der Waals surface area (Å²) in [6, 6.07) is 11.7. The molecule has 0 radical (unpaired) electrons. The predicted molar refractivity (Wildman–Crippen MR) is 88.4 cm³/mol. The van der Waals surface area contributed by atoms with E-state index in [9.17, 15) is 15.0 Å². The molecule has 0 bridgehead atoms. The fraction of sp³-hybridized carbons (Fsp3) is 0.167. The smallest absolute Gasteiger partial charge is 0.201 e. The summed E-state index contributed by atoms with van der Waals surface area (Å²) in [5, 5.41) is 28.8. The van der Waals surface area contributed by atoms with Crippen molar-refractivity contribution < 1.29 is 24.5 Å². The number of rotatable bonds is 5. The lowest BCUT2D eigenvalue weighted by molar-refractivity contribution is 0.228. The second-order valence-corrected chi connectivity index (χ2v) is 5.21. The Morgan fingerprint density at radius 3 is 2.50 bits per heavy atom. The highest BCUT2D eigenvalue weighted by atomic mass is 16.5. The molecule has 0 saturated heterocycles. The van der Waals surface area contributed by atoms with E-state index in [1.165, 1.54) is 12.1 Å². The molecule has 0 unspecified atom stereocenters. The van der Waals surface area contributed by atoms with Gasteiger partial charge in [-0.2, -0.15) is 0 Å². The minimum absolute atomic E-state index is 0.0122. The van der Waals surface area contributed by atoms with E-state index in [1.807, 2.05) is 18.2 Å². The Labute approximate surface area is 137 Å². The Kier molecular flexibility index (Phi) is 4.39. The van der Waals surface area contributed by atoms with Gasteiger partial charge in [0.15, 0.2) is 16.9 Å². The quantitative estimate of drug-likeness (QED) is 0.492. The van der Waals surface area contributed by atoms with Gasteiger partial charge in [0.2, 0.25) is 5.75 Å². The molecule has 0 spiro atoms. The standard InChI is InChI=1S/C18H16O6/c19-7-4-8-23-15-10-14-16(18(22)17(15)21)12(20)9-13(24-14)11-5-2-1-3-6-11/h1-3,5-6,9-10,19,21-22H,4,7-8H2. The zero-order chi connectivity index (χ0) is 17.1. The highest BCUT2D eigenvalue weighted by Crippen LogP contribution is 2.41. The number of benzene rings is 2. The van der Waals surface area contributed by atoms with Crippen molar-refractivity contribution in [1.29, 1.82) is 0 Å². The number of phenolic OH excluding ortho intramolecular Hbond substituents is 2. The molecule has 3 rings (SSSR count). The lowest BCUT2D eigenvalue weighted by Gasteiger charge is -2.11. The lowest BCUT2D eigenvalue weighted by Crippen LogP contribution is -2.03. The molecule has 1 aromatic heterocycles. The van der Waals surface area contributed by atoms with Gasteiger partial charge in [0.1, 0.15) is 16.7 Å². The van der Waals surface area contributed by atoms with E-state index in [-0.39, 0.29) is 29.9 Å². The first-order valence-electron chi connectivity index (χ1n) is 7.43. The fourth-order valence-corrected chi connectivity index (χ4v) is 2.37. The van der Waals surface area contributed by atoms with Crippen LogP contribution in [0.5, 0.6) is 17.2 Å². The molecule has 0 aliphatic rings. The van der Waals surface area contributed by atoms with Gasteiger partial charge in [0.05, 0.1) is 6.61 Å². The molecule has 6 heteroatoms. The summed E-state index contributed by atoms with van der Waals surface area (Å²) >= 11 is 0. The van der Waals surface area contributed by atoms with Crippen LogP contribution >= 0.6 is 0 Å². The Hall–Kier alpha value is -2.99. The van der Waals surface area contributed by atoms with E-state index in [4.69, 9.17) is 14.3 Å². The summed E-state index contributed by atoms with van der Waals surface area (Å²) in [6.45, 7) is 0.0885. The van der Waals surface area contributed by atoms with E-state index in [0.717, 1.165) is 0 Å². The van der Waals surface area contributed by atoms with E-state index in [2.05, 4.69) is 0 Å². The van der Waals surface area contributed by atoms with Crippen molar-refractivity contribution in [2.75, 3.05) is 13.2 Å². The molecule has 0 atom stereocenters.